The lowest BCUT2D eigenvalue weighted by molar-refractivity contribution is -0.120. The highest BCUT2D eigenvalue weighted by Crippen LogP contribution is 2.27. The number of hydrogen-bond donors (Lipinski definition) is 0. The molecule has 0 bridgehead atoms. The van der Waals surface area contributed by atoms with Gasteiger partial charge in [-0.25, -0.2) is 0 Å². The van der Waals surface area contributed by atoms with Gasteiger partial charge in [-0.1, -0.05) is 35.9 Å². The molecule has 0 saturated carbocycles. The van der Waals surface area contributed by atoms with Gasteiger partial charge in [-0.15, -0.1) is 0 Å². The average Bonchev–Trinajstić information content (AvgIpc) is 2.90. The monoisotopic (exact) mass is 281 g/mol. The predicted octanol–water partition coefficient (Wildman–Crippen LogP) is 3.27. The van der Waals surface area contributed by atoms with Crippen LogP contribution in [0.1, 0.15) is 16.7 Å². The van der Waals surface area contributed by atoms with Gasteiger partial charge in [0.25, 0.3) is 5.91 Å². The zero-order valence-corrected chi connectivity index (χ0v) is 12.4. The fourth-order valence-corrected chi connectivity index (χ4v) is 2.78. The quantitative estimate of drug-likeness (QED) is 0.864. The predicted molar refractivity (Wildman–Crippen MR) is 83.9 cm³/mol. The standard InChI is InChI=1S/C18H19NO2/c1-13-7-8-17(14(2)11-13)21-12-18(20)19-10-9-15-5-3-4-6-16(15)19/h3-8,11H,9-10,12H2,1-2H3. The van der Waals surface area contributed by atoms with E-state index in [4.69, 9.17) is 4.74 Å². The van der Waals surface area contributed by atoms with Gasteiger partial charge in [0.2, 0.25) is 0 Å². The molecule has 1 amide bonds. The molecule has 21 heavy (non-hydrogen) atoms. The van der Waals surface area contributed by atoms with Crippen LogP contribution in [0.5, 0.6) is 5.75 Å². The number of rotatable bonds is 3. The summed E-state index contributed by atoms with van der Waals surface area (Å²) in [6.45, 7) is 4.87. The molecule has 0 fully saturated rings. The maximum atomic E-state index is 12.4. The lowest BCUT2D eigenvalue weighted by Gasteiger charge is -2.18. The average molecular weight is 281 g/mol. The molecule has 0 N–H and O–H groups in total. The van der Waals surface area contributed by atoms with E-state index in [1.807, 2.05) is 49.1 Å². The number of aryl methyl sites for hydroxylation is 2. The molecule has 3 rings (SSSR count). The van der Waals surface area contributed by atoms with E-state index in [0.717, 1.165) is 30.0 Å². The second kappa shape index (κ2) is 5.60. The maximum Gasteiger partial charge on any atom is 0.264 e. The van der Waals surface area contributed by atoms with Gasteiger partial charge in [0.15, 0.2) is 6.61 Å². The van der Waals surface area contributed by atoms with Crippen LogP contribution >= 0.6 is 0 Å². The molecule has 1 aliphatic heterocycles. The number of carbonyl (C=O) groups is 1. The SMILES string of the molecule is Cc1ccc(OCC(=O)N2CCc3ccccc32)c(C)c1. The van der Waals surface area contributed by atoms with Crippen molar-refractivity contribution < 1.29 is 9.53 Å². The van der Waals surface area contributed by atoms with Crippen molar-refractivity contribution in [2.45, 2.75) is 20.3 Å². The Morgan fingerprint density at radius 1 is 1.19 bits per heavy atom. The minimum Gasteiger partial charge on any atom is -0.483 e. The second-order valence-corrected chi connectivity index (χ2v) is 5.48. The van der Waals surface area contributed by atoms with Crippen molar-refractivity contribution in [3.05, 3.63) is 59.2 Å². The summed E-state index contributed by atoms with van der Waals surface area (Å²) in [6.07, 6.45) is 0.922. The Bertz CT molecular complexity index is 679. The van der Waals surface area contributed by atoms with Gasteiger partial charge in [-0.2, -0.15) is 0 Å². The number of carbonyl (C=O) groups excluding carboxylic acids is 1. The molecule has 0 saturated heterocycles. The topological polar surface area (TPSA) is 29.5 Å². The molecule has 108 valence electrons. The van der Waals surface area contributed by atoms with E-state index in [1.54, 1.807) is 0 Å². The van der Waals surface area contributed by atoms with Gasteiger partial charge >= 0.3 is 0 Å². The van der Waals surface area contributed by atoms with Crippen LogP contribution in [0.4, 0.5) is 5.69 Å². The van der Waals surface area contributed by atoms with Crippen molar-refractivity contribution >= 4 is 11.6 Å². The number of benzene rings is 2. The van der Waals surface area contributed by atoms with Gasteiger partial charge < -0.3 is 9.64 Å². The Hall–Kier alpha value is -2.29. The molecule has 0 radical (unpaired) electrons. The molecule has 0 aromatic heterocycles. The zero-order valence-electron chi connectivity index (χ0n) is 12.4. The molecule has 0 atom stereocenters. The third-order valence-corrected chi connectivity index (χ3v) is 3.87. The highest BCUT2D eigenvalue weighted by atomic mass is 16.5. The number of fused-ring (bicyclic) bond motifs is 1. The van der Waals surface area contributed by atoms with E-state index in [0.29, 0.717) is 0 Å². The molecule has 3 heteroatoms. The van der Waals surface area contributed by atoms with E-state index >= 15 is 0 Å². The summed E-state index contributed by atoms with van der Waals surface area (Å²) in [5.41, 5.74) is 4.51. The Morgan fingerprint density at radius 3 is 2.81 bits per heavy atom. The first-order valence-corrected chi connectivity index (χ1v) is 7.23. The van der Waals surface area contributed by atoms with Crippen LogP contribution < -0.4 is 9.64 Å². The summed E-state index contributed by atoms with van der Waals surface area (Å²) >= 11 is 0. The van der Waals surface area contributed by atoms with Crippen LogP contribution in [0, 0.1) is 13.8 Å². The number of hydrogen-bond acceptors (Lipinski definition) is 2. The number of para-hydroxylation sites is 1. The van der Waals surface area contributed by atoms with E-state index in [9.17, 15) is 4.79 Å². The number of anilines is 1. The van der Waals surface area contributed by atoms with Crippen LogP contribution in [0.2, 0.25) is 0 Å². The molecule has 1 heterocycles. The lowest BCUT2D eigenvalue weighted by Crippen LogP contribution is -2.33. The summed E-state index contributed by atoms with van der Waals surface area (Å²) in [5, 5.41) is 0. The first kappa shape index (κ1) is 13.7. The Balaban J connectivity index is 1.68. The van der Waals surface area contributed by atoms with Gasteiger partial charge in [0.05, 0.1) is 0 Å². The summed E-state index contributed by atoms with van der Waals surface area (Å²) < 4.78 is 5.69. The second-order valence-electron chi connectivity index (χ2n) is 5.48. The largest absolute Gasteiger partial charge is 0.483 e. The number of amides is 1. The van der Waals surface area contributed by atoms with E-state index in [2.05, 4.69) is 12.1 Å². The van der Waals surface area contributed by atoms with Crippen LogP contribution in [-0.2, 0) is 11.2 Å². The zero-order chi connectivity index (χ0) is 14.8. The molecule has 0 spiro atoms. The molecule has 0 unspecified atom stereocenters. The van der Waals surface area contributed by atoms with Crippen molar-refractivity contribution in [3.8, 4) is 5.75 Å². The minimum atomic E-state index is 0.0138. The normalized spacial score (nSPS) is 13.1. The highest BCUT2D eigenvalue weighted by Gasteiger charge is 2.24. The molecule has 2 aromatic rings. The molecule has 2 aromatic carbocycles. The van der Waals surface area contributed by atoms with E-state index in [-0.39, 0.29) is 12.5 Å². The van der Waals surface area contributed by atoms with E-state index < -0.39 is 0 Å². The number of nitrogens with zero attached hydrogens (tertiary/aromatic N) is 1. The summed E-state index contributed by atoms with van der Waals surface area (Å²) in [7, 11) is 0. The van der Waals surface area contributed by atoms with Crippen molar-refractivity contribution in [1.29, 1.82) is 0 Å². The summed E-state index contributed by atoms with van der Waals surface area (Å²) in [4.78, 5) is 14.2. The van der Waals surface area contributed by atoms with Crippen LogP contribution in [0.25, 0.3) is 0 Å². The fraction of sp³-hybridized carbons (Fsp3) is 0.278. The maximum absolute atomic E-state index is 12.4. The third kappa shape index (κ3) is 2.77. The van der Waals surface area contributed by atoms with Crippen molar-refractivity contribution in [1.82, 2.24) is 0 Å². The molecule has 0 aliphatic carbocycles. The minimum absolute atomic E-state index is 0.0138. The molecular formula is C18H19NO2. The van der Waals surface area contributed by atoms with Gasteiger partial charge in [0, 0.05) is 12.2 Å². The fourth-order valence-electron chi connectivity index (χ4n) is 2.78. The molecule has 3 nitrogen and oxygen atoms in total. The van der Waals surface area contributed by atoms with Crippen molar-refractivity contribution in [2.24, 2.45) is 0 Å². The van der Waals surface area contributed by atoms with Gasteiger partial charge in [0.1, 0.15) is 5.75 Å². The van der Waals surface area contributed by atoms with E-state index in [1.165, 1.54) is 11.1 Å². The lowest BCUT2D eigenvalue weighted by atomic mass is 10.1. The van der Waals surface area contributed by atoms with Crippen LogP contribution in [0.3, 0.4) is 0 Å². The Morgan fingerprint density at radius 2 is 2.00 bits per heavy atom. The molecule has 1 aliphatic rings. The summed E-state index contributed by atoms with van der Waals surface area (Å²) in [6, 6.07) is 14.0. The smallest absolute Gasteiger partial charge is 0.264 e. The molecular weight excluding hydrogens is 262 g/mol. The first-order valence-electron chi connectivity index (χ1n) is 7.23. The van der Waals surface area contributed by atoms with Crippen LogP contribution in [0.15, 0.2) is 42.5 Å². The van der Waals surface area contributed by atoms with Gasteiger partial charge in [-0.3, -0.25) is 4.79 Å². The van der Waals surface area contributed by atoms with Crippen LogP contribution in [-0.4, -0.2) is 19.1 Å². The Kier molecular flexibility index (Phi) is 3.65. The Labute approximate surface area is 125 Å². The number of ether oxygens (including phenoxy) is 1. The van der Waals surface area contributed by atoms with Gasteiger partial charge in [-0.05, 0) is 43.5 Å². The highest BCUT2D eigenvalue weighted by molar-refractivity contribution is 5.96. The summed E-state index contributed by atoms with van der Waals surface area (Å²) in [5.74, 6) is 0.793. The third-order valence-electron chi connectivity index (χ3n) is 3.87. The first-order chi connectivity index (χ1) is 10.1. The van der Waals surface area contributed by atoms with Crippen molar-refractivity contribution in [2.75, 3.05) is 18.1 Å². The van der Waals surface area contributed by atoms with Crippen molar-refractivity contribution in [3.63, 3.8) is 0 Å².